The minimum Gasteiger partial charge on any atom is -0.399 e. The molecular formula is C14H22N2. The van der Waals surface area contributed by atoms with Crippen LogP contribution in [0.2, 0.25) is 0 Å². The van der Waals surface area contributed by atoms with Gasteiger partial charge in [-0.25, -0.2) is 0 Å². The molecule has 1 atom stereocenters. The lowest BCUT2D eigenvalue weighted by Gasteiger charge is -2.19. The molecule has 1 fully saturated rings. The van der Waals surface area contributed by atoms with Crippen LogP contribution in [0.25, 0.3) is 0 Å². The van der Waals surface area contributed by atoms with Gasteiger partial charge in [0.05, 0.1) is 0 Å². The summed E-state index contributed by atoms with van der Waals surface area (Å²) in [5, 5.41) is 0. The number of nitrogens with two attached hydrogens (primary N) is 1. The fraction of sp³-hybridized carbons (Fsp3) is 0.571. The van der Waals surface area contributed by atoms with Crippen LogP contribution < -0.4 is 5.73 Å². The molecule has 0 spiro atoms. The molecule has 0 radical (unpaired) electrons. The standard InChI is InChI=1S/C14H22N2/c1-11(9-10-16(2)14-7-8-14)12-3-5-13(15)6-4-12/h3-6,11,14H,7-10,15H2,1-2H3. The highest BCUT2D eigenvalue weighted by molar-refractivity contribution is 5.40. The molecule has 16 heavy (non-hydrogen) atoms. The summed E-state index contributed by atoms with van der Waals surface area (Å²) < 4.78 is 0. The van der Waals surface area contributed by atoms with Crippen LogP contribution >= 0.6 is 0 Å². The summed E-state index contributed by atoms with van der Waals surface area (Å²) >= 11 is 0. The van der Waals surface area contributed by atoms with Gasteiger partial charge in [-0.1, -0.05) is 19.1 Å². The summed E-state index contributed by atoms with van der Waals surface area (Å²) in [5.74, 6) is 0.627. The van der Waals surface area contributed by atoms with Crippen molar-refractivity contribution in [2.24, 2.45) is 0 Å². The van der Waals surface area contributed by atoms with E-state index in [1.807, 2.05) is 12.1 Å². The van der Waals surface area contributed by atoms with Gasteiger partial charge in [0, 0.05) is 11.7 Å². The molecule has 2 rings (SSSR count). The molecule has 0 amide bonds. The average Bonchev–Trinajstić information content (AvgIpc) is 3.10. The Hall–Kier alpha value is -1.02. The highest BCUT2D eigenvalue weighted by Crippen LogP contribution is 2.27. The maximum absolute atomic E-state index is 5.69. The first kappa shape index (κ1) is 11.5. The SMILES string of the molecule is CC(CCN(C)C1CC1)c1ccc(N)cc1. The molecule has 2 nitrogen and oxygen atoms in total. The third kappa shape index (κ3) is 2.99. The van der Waals surface area contributed by atoms with Gasteiger partial charge < -0.3 is 10.6 Å². The second kappa shape index (κ2) is 4.88. The Labute approximate surface area is 98.4 Å². The molecule has 0 aromatic heterocycles. The van der Waals surface area contributed by atoms with Crippen molar-refractivity contribution < 1.29 is 0 Å². The van der Waals surface area contributed by atoms with Gasteiger partial charge in [0.2, 0.25) is 0 Å². The maximum atomic E-state index is 5.69. The predicted octanol–water partition coefficient (Wildman–Crippen LogP) is 2.86. The monoisotopic (exact) mass is 218 g/mol. The van der Waals surface area contributed by atoms with E-state index >= 15 is 0 Å². The molecule has 1 unspecified atom stereocenters. The van der Waals surface area contributed by atoms with Gasteiger partial charge in [-0.3, -0.25) is 0 Å². The minimum atomic E-state index is 0.627. The van der Waals surface area contributed by atoms with Crippen LogP contribution in [0.15, 0.2) is 24.3 Å². The zero-order valence-electron chi connectivity index (χ0n) is 10.3. The third-order valence-electron chi connectivity index (χ3n) is 3.59. The van der Waals surface area contributed by atoms with Crippen molar-refractivity contribution in [3.8, 4) is 0 Å². The van der Waals surface area contributed by atoms with Crippen molar-refractivity contribution in [3.63, 3.8) is 0 Å². The number of hydrogen-bond acceptors (Lipinski definition) is 2. The first-order chi connectivity index (χ1) is 7.66. The fourth-order valence-corrected chi connectivity index (χ4v) is 2.09. The Kier molecular flexibility index (Phi) is 3.49. The maximum Gasteiger partial charge on any atom is 0.0314 e. The van der Waals surface area contributed by atoms with E-state index in [-0.39, 0.29) is 0 Å². The van der Waals surface area contributed by atoms with Crippen LogP contribution in [0.4, 0.5) is 5.69 Å². The molecule has 88 valence electrons. The van der Waals surface area contributed by atoms with Crippen LogP contribution in [0.1, 0.15) is 37.7 Å². The lowest BCUT2D eigenvalue weighted by atomic mass is 9.97. The lowest BCUT2D eigenvalue weighted by molar-refractivity contribution is 0.311. The van der Waals surface area contributed by atoms with Gasteiger partial charge in [-0.2, -0.15) is 0 Å². The number of anilines is 1. The van der Waals surface area contributed by atoms with E-state index < -0.39 is 0 Å². The van der Waals surface area contributed by atoms with E-state index in [0.29, 0.717) is 5.92 Å². The molecule has 2 N–H and O–H groups in total. The van der Waals surface area contributed by atoms with Gasteiger partial charge in [0.1, 0.15) is 0 Å². The van der Waals surface area contributed by atoms with E-state index in [0.717, 1.165) is 11.7 Å². The molecule has 1 aliphatic carbocycles. The topological polar surface area (TPSA) is 29.3 Å². The number of benzene rings is 1. The predicted molar refractivity (Wildman–Crippen MR) is 69.5 cm³/mol. The third-order valence-corrected chi connectivity index (χ3v) is 3.59. The van der Waals surface area contributed by atoms with Crippen LogP contribution in [-0.4, -0.2) is 24.5 Å². The largest absolute Gasteiger partial charge is 0.399 e. The van der Waals surface area contributed by atoms with Gasteiger partial charge in [0.15, 0.2) is 0 Å². The van der Waals surface area contributed by atoms with Crippen molar-refractivity contribution in [2.45, 2.75) is 38.1 Å². The Morgan fingerprint density at radius 2 is 1.94 bits per heavy atom. The highest BCUT2D eigenvalue weighted by atomic mass is 15.1. The van der Waals surface area contributed by atoms with E-state index in [1.165, 1.54) is 31.4 Å². The number of nitrogen functional groups attached to an aromatic ring is 1. The quantitative estimate of drug-likeness (QED) is 0.770. The van der Waals surface area contributed by atoms with Crippen molar-refractivity contribution in [1.82, 2.24) is 4.90 Å². The average molecular weight is 218 g/mol. The molecule has 1 saturated carbocycles. The van der Waals surface area contributed by atoms with E-state index in [4.69, 9.17) is 5.73 Å². The molecule has 2 heteroatoms. The second-order valence-electron chi connectivity index (χ2n) is 5.07. The molecule has 0 saturated heterocycles. The zero-order valence-corrected chi connectivity index (χ0v) is 10.3. The zero-order chi connectivity index (χ0) is 11.5. The van der Waals surface area contributed by atoms with Crippen molar-refractivity contribution >= 4 is 5.69 Å². The number of nitrogens with zero attached hydrogens (tertiary/aromatic N) is 1. The van der Waals surface area contributed by atoms with Gasteiger partial charge in [-0.15, -0.1) is 0 Å². The van der Waals surface area contributed by atoms with Crippen LogP contribution in [0, 0.1) is 0 Å². The Bertz CT molecular complexity index is 327. The Morgan fingerprint density at radius 3 is 2.50 bits per heavy atom. The van der Waals surface area contributed by atoms with Crippen LogP contribution in [0.3, 0.4) is 0 Å². The van der Waals surface area contributed by atoms with E-state index in [9.17, 15) is 0 Å². The number of rotatable bonds is 5. The summed E-state index contributed by atoms with van der Waals surface area (Å²) in [4.78, 5) is 2.49. The first-order valence-corrected chi connectivity index (χ1v) is 6.22. The number of hydrogen-bond donors (Lipinski definition) is 1. The van der Waals surface area contributed by atoms with E-state index in [1.54, 1.807) is 0 Å². The lowest BCUT2D eigenvalue weighted by Crippen LogP contribution is -2.22. The Balaban J connectivity index is 1.82. The van der Waals surface area contributed by atoms with Crippen molar-refractivity contribution in [1.29, 1.82) is 0 Å². The summed E-state index contributed by atoms with van der Waals surface area (Å²) in [5.41, 5.74) is 7.94. The normalized spacial score (nSPS) is 17.7. The van der Waals surface area contributed by atoms with Crippen LogP contribution in [-0.2, 0) is 0 Å². The summed E-state index contributed by atoms with van der Waals surface area (Å²) in [7, 11) is 2.24. The molecule has 1 aliphatic rings. The molecule has 0 heterocycles. The van der Waals surface area contributed by atoms with Crippen LogP contribution in [0.5, 0.6) is 0 Å². The van der Waals surface area contributed by atoms with Gasteiger partial charge in [0.25, 0.3) is 0 Å². The van der Waals surface area contributed by atoms with Gasteiger partial charge >= 0.3 is 0 Å². The molecule has 1 aromatic carbocycles. The second-order valence-corrected chi connectivity index (χ2v) is 5.07. The van der Waals surface area contributed by atoms with Crippen molar-refractivity contribution in [2.75, 3.05) is 19.3 Å². The van der Waals surface area contributed by atoms with Gasteiger partial charge in [-0.05, 0) is 56.5 Å². The first-order valence-electron chi connectivity index (χ1n) is 6.22. The van der Waals surface area contributed by atoms with E-state index in [2.05, 4.69) is 31.0 Å². The smallest absolute Gasteiger partial charge is 0.0314 e. The van der Waals surface area contributed by atoms with Crippen molar-refractivity contribution in [3.05, 3.63) is 29.8 Å². The molecule has 0 aliphatic heterocycles. The minimum absolute atomic E-state index is 0.627. The highest BCUT2D eigenvalue weighted by Gasteiger charge is 2.25. The summed E-state index contributed by atoms with van der Waals surface area (Å²) in [6, 6.07) is 9.17. The summed E-state index contributed by atoms with van der Waals surface area (Å²) in [6.45, 7) is 3.50. The molecule has 1 aromatic rings. The fourth-order valence-electron chi connectivity index (χ4n) is 2.09. The summed E-state index contributed by atoms with van der Waals surface area (Å²) in [6.07, 6.45) is 4.02. The molecular weight excluding hydrogens is 196 g/mol. The molecule has 0 bridgehead atoms. The Morgan fingerprint density at radius 1 is 1.31 bits per heavy atom.